The smallest absolute Gasteiger partial charge is 0.253 e. The minimum Gasteiger partial charge on any atom is -0.494 e. The van der Waals surface area contributed by atoms with Gasteiger partial charge in [0.1, 0.15) is 17.6 Å². The third kappa shape index (κ3) is 3.82. The van der Waals surface area contributed by atoms with E-state index in [4.69, 9.17) is 9.47 Å². The van der Waals surface area contributed by atoms with E-state index < -0.39 is 0 Å². The molecule has 5 heteroatoms. The highest BCUT2D eigenvalue weighted by atomic mass is 16.5. The average molecular weight is 370 g/mol. The summed E-state index contributed by atoms with van der Waals surface area (Å²) in [6.07, 6.45) is 1.07. The summed E-state index contributed by atoms with van der Waals surface area (Å²) in [5.74, 6) is 1.65. The number of ether oxygens (including phenoxy) is 2. The lowest BCUT2D eigenvalue weighted by molar-refractivity contribution is 0.0950. The fraction of sp³-hybridized carbons (Fsp3) is 0.500. The Morgan fingerprint density at radius 1 is 1.33 bits per heavy atom. The van der Waals surface area contributed by atoms with E-state index in [0.717, 1.165) is 40.4 Å². The van der Waals surface area contributed by atoms with Crippen LogP contribution in [-0.4, -0.2) is 23.2 Å². The summed E-state index contributed by atoms with van der Waals surface area (Å²) in [6, 6.07) is 6.34. The molecule has 1 aromatic carbocycles. The van der Waals surface area contributed by atoms with E-state index in [0.29, 0.717) is 19.2 Å². The van der Waals surface area contributed by atoms with Crippen molar-refractivity contribution in [3.05, 3.63) is 46.3 Å². The van der Waals surface area contributed by atoms with Crippen molar-refractivity contribution in [2.24, 2.45) is 0 Å². The zero-order valence-corrected chi connectivity index (χ0v) is 17.2. The minimum absolute atomic E-state index is 0.0627. The second-order valence-corrected chi connectivity index (χ2v) is 7.56. The maximum atomic E-state index is 12.8. The summed E-state index contributed by atoms with van der Waals surface area (Å²) in [5.41, 5.74) is 4.93. The summed E-state index contributed by atoms with van der Waals surface area (Å²) >= 11 is 0. The summed E-state index contributed by atoms with van der Waals surface area (Å²) in [4.78, 5) is 12.8. The molecule has 27 heavy (non-hydrogen) atoms. The Morgan fingerprint density at radius 2 is 2.07 bits per heavy atom. The highest BCUT2D eigenvalue weighted by Crippen LogP contribution is 2.35. The van der Waals surface area contributed by atoms with Gasteiger partial charge in [-0.25, -0.2) is 0 Å². The van der Waals surface area contributed by atoms with Gasteiger partial charge in [-0.3, -0.25) is 4.79 Å². The van der Waals surface area contributed by atoms with Crippen LogP contribution in [0.5, 0.6) is 11.5 Å². The molecule has 1 amide bonds. The first kappa shape index (κ1) is 19.3. The molecule has 1 N–H and O–H groups in total. The number of nitrogens with one attached hydrogen (secondary N) is 1. The Kier molecular flexibility index (Phi) is 5.49. The van der Waals surface area contributed by atoms with Gasteiger partial charge in [-0.15, -0.1) is 0 Å². The summed E-state index contributed by atoms with van der Waals surface area (Å²) in [7, 11) is 0. The quantitative estimate of drug-likeness (QED) is 0.823. The molecule has 1 aromatic heterocycles. The lowest BCUT2D eigenvalue weighted by Crippen LogP contribution is -2.24. The maximum absolute atomic E-state index is 12.8. The Balaban J connectivity index is 1.80. The normalized spacial score (nSPS) is 15.6. The number of amides is 1. The van der Waals surface area contributed by atoms with Crippen LogP contribution in [0.4, 0.5) is 0 Å². The number of fused-ring (bicyclic) bond motifs is 1. The topological polar surface area (TPSA) is 52.5 Å². The highest BCUT2D eigenvalue weighted by Gasteiger charge is 2.23. The number of rotatable bonds is 6. The van der Waals surface area contributed by atoms with Gasteiger partial charge in [0.25, 0.3) is 5.91 Å². The molecule has 1 atom stereocenters. The molecule has 0 radical (unpaired) electrons. The van der Waals surface area contributed by atoms with Crippen LogP contribution in [-0.2, 0) is 13.0 Å². The van der Waals surface area contributed by atoms with Crippen molar-refractivity contribution in [1.29, 1.82) is 0 Å². The SMILES string of the molecule is CCOc1cc2c(cc1CNC(=O)c1cc(C)n(C(C)C)c1C)OC(C)C2. The van der Waals surface area contributed by atoms with Crippen molar-refractivity contribution in [1.82, 2.24) is 9.88 Å². The van der Waals surface area contributed by atoms with Crippen LogP contribution in [0.2, 0.25) is 0 Å². The first-order valence-electron chi connectivity index (χ1n) is 9.73. The monoisotopic (exact) mass is 370 g/mol. The standard InChI is InChI=1S/C22H30N2O3/c1-7-26-20-10-17-9-15(5)27-21(17)11-18(20)12-23-22(25)19-8-14(4)24(13(2)3)16(19)6/h8,10-11,13,15H,7,9,12H2,1-6H3,(H,23,25). The first-order chi connectivity index (χ1) is 12.8. The first-order valence-corrected chi connectivity index (χ1v) is 9.73. The van der Waals surface area contributed by atoms with E-state index in [1.54, 1.807) is 0 Å². The van der Waals surface area contributed by atoms with Crippen LogP contribution in [0.15, 0.2) is 18.2 Å². The van der Waals surface area contributed by atoms with Gasteiger partial charge in [0, 0.05) is 41.5 Å². The molecule has 0 saturated heterocycles. The molecule has 146 valence electrons. The van der Waals surface area contributed by atoms with E-state index in [-0.39, 0.29) is 12.0 Å². The van der Waals surface area contributed by atoms with Gasteiger partial charge in [0.15, 0.2) is 0 Å². The Morgan fingerprint density at radius 3 is 2.70 bits per heavy atom. The van der Waals surface area contributed by atoms with Gasteiger partial charge in [0.05, 0.1) is 12.2 Å². The number of hydrogen-bond acceptors (Lipinski definition) is 3. The number of benzene rings is 1. The van der Waals surface area contributed by atoms with Crippen molar-refractivity contribution in [3.63, 3.8) is 0 Å². The van der Waals surface area contributed by atoms with Gasteiger partial charge in [-0.1, -0.05) is 0 Å². The number of nitrogens with zero attached hydrogens (tertiary/aromatic N) is 1. The predicted octanol–water partition coefficient (Wildman–Crippen LogP) is 4.34. The molecule has 1 unspecified atom stereocenters. The van der Waals surface area contributed by atoms with Crippen LogP contribution < -0.4 is 14.8 Å². The van der Waals surface area contributed by atoms with E-state index in [2.05, 4.69) is 36.7 Å². The third-order valence-electron chi connectivity index (χ3n) is 5.06. The van der Waals surface area contributed by atoms with Gasteiger partial charge in [-0.05, 0) is 59.7 Å². The molecule has 0 saturated carbocycles. The highest BCUT2D eigenvalue weighted by molar-refractivity contribution is 5.95. The van der Waals surface area contributed by atoms with E-state index in [1.165, 1.54) is 5.56 Å². The zero-order chi connectivity index (χ0) is 19.7. The fourth-order valence-corrected chi connectivity index (χ4v) is 3.98. The van der Waals surface area contributed by atoms with E-state index >= 15 is 0 Å². The lowest BCUT2D eigenvalue weighted by atomic mass is 10.1. The molecule has 0 spiro atoms. The second-order valence-electron chi connectivity index (χ2n) is 7.56. The van der Waals surface area contributed by atoms with Crippen molar-refractivity contribution >= 4 is 5.91 Å². The van der Waals surface area contributed by atoms with E-state index in [9.17, 15) is 4.79 Å². The Labute approximate surface area is 161 Å². The summed E-state index contributed by atoms with van der Waals surface area (Å²) < 4.78 is 13.9. The van der Waals surface area contributed by atoms with Crippen molar-refractivity contribution in [3.8, 4) is 11.5 Å². The Hall–Kier alpha value is -2.43. The van der Waals surface area contributed by atoms with Crippen LogP contribution in [0.3, 0.4) is 0 Å². The van der Waals surface area contributed by atoms with Crippen molar-refractivity contribution in [2.75, 3.05) is 6.61 Å². The largest absolute Gasteiger partial charge is 0.494 e. The van der Waals surface area contributed by atoms with Gasteiger partial charge in [-0.2, -0.15) is 0 Å². The third-order valence-corrected chi connectivity index (χ3v) is 5.06. The van der Waals surface area contributed by atoms with Crippen LogP contribution in [0, 0.1) is 13.8 Å². The minimum atomic E-state index is -0.0627. The van der Waals surface area contributed by atoms with E-state index in [1.807, 2.05) is 32.9 Å². The van der Waals surface area contributed by atoms with Crippen LogP contribution >= 0.6 is 0 Å². The number of carbonyl (C=O) groups excluding carboxylic acids is 1. The molecule has 0 fully saturated rings. The maximum Gasteiger partial charge on any atom is 0.253 e. The van der Waals surface area contributed by atoms with Crippen LogP contribution in [0.1, 0.15) is 66.6 Å². The molecule has 0 bridgehead atoms. The molecule has 3 rings (SSSR count). The molecule has 0 aliphatic carbocycles. The Bertz CT molecular complexity index is 852. The van der Waals surface area contributed by atoms with Crippen LogP contribution in [0.25, 0.3) is 0 Å². The number of aromatic nitrogens is 1. The number of carbonyl (C=O) groups is 1. The summed E-state index contributed by atoms with van der Waals surface area (Å²) in [6.45, 7) is 13.3. The van der Waals surface area contributed by atoms with Crippen molar-refractivity contribution < 1.29 is 14.3 Å². The lowest BCUT2D eigenvalue weighted by Gasteiger charge is -2.15. The molecular formula is C22H30N2O3. The molecule has 5 nitrogen and oxygen atoms in total. The summed E-state index contributed by atoms with van der Waals surface area (Å²) in [5, 5.41) is 3.05. The van der Waals surface area contributed by atoms with Gasteiger partial charge in [0.2, 0.25) is 0 Å². The zero-order valence-electron chi connectivity index (χ0n) is 17.2. The number of aryl methyl sites for hydroxylation is 1. The molecule has 2 aromatic rings. The molecule has 2 heterocycles. The predicted molar refractivity (Wildman–Crippen MR) is 107 cm³/mol. The molecule has 1 aliphatic rings. The fourth-order valence-electron chi connectivity index (χ4n) is 3.98. The molecule has 1 aliphatic heterocycles. The second kappa shape index (κ2) is 7.67. The average Bonchev–Trinajstić information content (AvgIpc) is 3.10. The molecular weight excluding hydrogens is 340 g/mol. The van der Waals surface area contributed by atoms with Crippen molar-refractivity contribution in [2.45, 2.75) is 66.7 Å². The van der Waals surface area contributed by atoms with Gasteiger partial charge >= 0.3 is 0 Å². The van der Waals surface area contributed by atoms with Gasteiger partial charge < -0.3 is 19.4 Å². The number of hydrogen-bond donors (Lipinski definition) is 1.